The van der Waals surface area contributed by atoms with Crippen molar-refractivity contribution in [2.75, 3.05) is 24.7 Å². The molecule has 1 aliphatic rings. The zero-order valence-electron chi connectivity index (χ0n) is 19.4. The number of carbonyl (C=O) groups is 3. The maximum absolute atomic E-state index is 13.2. The number of imide groups is 2. The Morgan fingerprint density at radius 3 is 2.49 bits per heavy atom. The molecular weight excluding hydrogens is 472 g/mol. The second-order valence-electron chi connectivity index (χ2n) is 7.41. The first-order valence-corrected chi connectivity index (χ1v) is 11.4. The van der Waals surface area contributed by atoms with Crippen molar-refractivity contribution in [3.8, 4) is 29.6 Å². The summed E-state index contributed by atoms with van der Waals surface area (Å²) in [5.41, 5.74) is 0.447. The summed E-state index contributed by atoms with van der Waals surface area (Å²) in [7, 11) is 0. The third kappa shape index (κ3) is 6.14. The second kappa shape index (κ2) is 12.0. The van der Waals surface area contributed by atoms with Crippen molar-refractivity contribution in [2.24, 2.45) is 0 Å². The average Bonchev–Trinajstić information content (AvgIpc) is 2.82. The number of hydrogen-bond acceptors (Lipinski definition) is 6. The van der Waals surface area contributed by atoms with Crippen LogP contribution in [0.2, 0.25) is 5.02 Å². The van der Waals surface area contributed by atoms with Gasteiger partial charge in [-0.25, -0.2) is 9.69 Å². The molecule has 0 saturated carbocycles. The van der Waals surface area contributed by atoms with Crippen LogP contribution in [0.5, 0.6) is 17.2 Å². The van der Waals surface area contributed by atoms with E-state index >= 15 is 0 Å². The molecule has 0 aromatic heterocycles. The SMILES string of the molecule is C#CCOc1c(Cl)cc(/C=C2/C(=O)NC(=O)N(c3ccc(OCCCC)cc3)C2=O)cc1OCC. The number of anilines is 1. The quantitative estimate of drug-likeness (QED) is 0.224. The minimum absolute atomic E-state index is 0.0133. The number of barbiturate groups is 1. The van der Waals surface area contributed by atoms with Crippen LogP contribution >= 0.6 is 11.6 Å². The molecule has 2 aromatic rings. The summed E-state index contributed by atoms with van der Waals surface area (Å²) < 4.78 is 16.7. The van der Waals surface area contributed by atoms with E-state index in [0.717, 1.165) is 17.7 Å². The van der Waals surface area contributed by atoms with Crippen LogP contribution < -0.4 is 24.4 Å². The molecule has 3 rings (SSSR count). The number of unbranched alkanes of at least 4 members (excludes halogenated alkanes) is 1. The number of benzene rings is 2. The molecule has 0 radical (unpaired) electrons. The van der Waals surface area contributed by atoms with Crippen molar-refractivity contribution in [3.05, 3.63) is 52.6 Å². The van der Waals surface area contributed by atoms with E-state index in [1.54, 1.807) is 37.3 Å². The predicted octanol–water partition coefficient (Wildman–Crippen LogP) is 4.60. The average molecular weight is 497 g/mol. The van der Waals surface area contributed by atoms with E-state index in [1.165, 1.54) is 12.1 Å². The molecule has 182 valence electrons. The highest BCUT2D eigenvalue weighted by molar-refractivity contribution is 6.39. The van der Waals surface area contributed by atoms with Crippen LogP contribution in [-0.4, -0.2) is 37.7 Å². The van der Waals surface area contributed by atoms with Crippen LogP contribution in [0.25, 0.3) is 6.08 Å². The number of ether oxygens (including phenoxy) is 3. The molecule has 4 amide bonds. The van der Waals surface area contributed by atoms with Gasteiger partial charge in [0.25, 0.3) is 11.8 Å². The zero-order chi connectivity index (χ0) is 25.4. The van der Waals surface area contributed by atoms with Gasteiger partial charge in [-0.1, -0.05) is 30.9 Å². The summed E-state index contributed by atoms with van der Waals surface area (Å²) in [4.78, 5) is 39.1. The molecule has 2 aromatic carbocycles. The van der Waals surface area contributed by atoms with Crippen molar-refractivity contribution >= 4 is 41.2 Å². The molecule has 1 saturated heterocycles. The van der Waals surface area contributed by atoms with Crippen LogP contribution in [0, 0.1) is 12.3 Å². The van der Waals surface area contributed by atoms with E-state index in [2.05, 4.69) is 18.2 Å². The zero-order valence-corrected chi connectivity index (χ0v) is 20.2. The van der Waals surface area contributed by atoms with Crippen molar-refractivity contribution in [1.82, 2.24) is 5.32 Å². The smallest absolute Gasteiger partial charge is 0.335 e. The van der Waals surface area contributed by atoms with Crippen LogP contribution in [0.15, 0.2) is 42.0 Å². The highest BCUT2D eigenvalue weighted by Crippen LogP contribution is 2.37. The Labute approximate surface area is 208 Å². The molecule has 1 fully saturated rings. The lowest BCUT2D eigenvalue weighted by atomic mass is 10.1. The normalized spacial score (nSPS) is 14.5. The molecular formula is C26H25ClN2O6. The van der Waals surface area contributed by atoms with Gasteiger partial charge in [-0.15, -0.1) is 6.42 Å². The van der Waals surface area contributed by atoms with E-state index in [-0.39, 0.29) is 23.0 Å². The molecule has 1 N–H and O–H groups in total. The highest BCUT2D eigenvalue weighted by Gasteiger charge is 2.37. The molecule has 1 heterocycles. The van der Waals surface area contributed by atoms with Crippen LogP contribution in [-0.2, 0) is 9.59 Å². The van der Waals surface area contributed by atoms with Gasteiger partial charge in [0.1, 0.15) is 17.9 Å². The number of urea groups is 1. The van der Waals surface area contributed by atoms with Gasteiger partial charge >= 0.3 is 6.03 Å². The predicted molar refractivity (Wildman–Crippen MR) is 133 cm³/mol. The van der Waals surface area contributed by atoms with Crippen LogP contribution in [0.4, 0.5) is 10.5 Å². The van der Waals surface area contributed by atoms with E-state index < -0.39 is 17.8 Å². The lowest BCUT2D eigenvalue weighted by Crippen LogP contribution is -2.54. The largest absolute Gasteiger partial charge is 0.494 e. The molecule has 35 heavy (non-hydrogen) atoms. The monoisotopic (exact) mass is 496 g/mol. The molecule has 8 nitrogen and oxygen atoms in total. The summed E-state index contributed by atoms with van der Waals surface area (Å²) in [6, 6.07) is 8.71. The number of carbonyl (C=O) groups excluding carboxylic acids is 3. The number of nitrogens with one attached hydrogen (secondary N) is 1. The first-order chi connectivity index (χ1) is 16.9. The lowest BCUT2D eigenvalue weighted by Gasteiger charge is -2.26. The standard InChI is InChI=1S/C26H25ClN2O6/c1-4-7-13-34-19-10-8-18(9-11-19)29-25(31)20(24(30)28-26(29)32)14-17-15-21(27)23(35-12-5-2)22(16-17)33-6-3/h2,8-11,14-16H,4,6-7,12-13H2,1,3H3,(H,28,30,32)/b20-14-. The summed E-state index contributed by atoms with van der Waals surface area (Å²) in [5, 5.41) is 2.38. The number of halogens is 1. The first kappa shape index (κ1) is 25.7. The number of hydrogen-bond donors (Lipinski definition) is 1. The van der Waals surface area contributed by atoms with E-state index in [4.69, 9.17) is 32.2 Å². The first-order valence-electron chi connectivity index (χ1n) is 11.1. The third-order valence-electron chi connectivity index (χ3n) is 4.91. The van der Waals surface area contributed by atoms with Crippen molar-refractivity contribution in [2.45, 2.75) is 26.7 Å². The van der Waals surface area contributed by atoms with E-state index in [9.17, 15) is 14.4 Å². The minimum atomic E-state index is -0.845. The fourth-order valence-electron chi connectivity index (χ4n) is 3.27. The van der Waals surface area contributed by atoms with Crippen LogP contribution in [0.1, 0.15) is 32.3 Å². The Morgan fingerprint density at radius 1 is 1.09 bits per heavy atom. The van der Waals surface area contributed by atoms with Crippen LogP contribution in [0.3, 0.4) is 0 Å². The Bertz CT molecular complexity index is 1180. The van der Waals surface area contributed by atoms with Gasteiger partial charge in [-0.05, 0) is 61.4 Å². The fourth-order valence-corrected chi connectivity index (χ4v) is 3.55. The summed E-state index contributed by atoms with van der Waals surface area (Å²) in [6.07, 6.45) is 8.50. The second-order valence-corrected chi connectivity index (χ2v) is 7.82. The molecule has 0 unspecified atom stereocenters. The van der Waals surface area contributed by atoms with Gasteiger partial charge in [0.05, 0.1) is 23.9 Å². The Balaban J connectivity index is 1.91. The Kier molecular flexibility index (Phi) is 8.76. The maximum Gasteiger partial charge on any atom is 0.335 e. The van der Waals surface area contributed by atoms with E-state index in [0.29, 0.717) is 36.0 Å². The molecule has 9 heteroatoms. The van der Waals surface area contributed by atoms with Gasteiger partial charge in [0.15, 0.2) is 11.5 Å². The van der Waals surface area contributed by atoms with Crippen molar-refractivity contribution in [3.63, 3.8) is 0 Å². The van der Waals surface area contributed by atoms with Gasteiger partial charge < -0.3 is 14.2 Å². The van der Waals surface area contributed by atoms with E-state index in [1.807, 2.05) is 0 Å². The summed E-state index contributed by atoms with van der Waals surface area (Å²) in [6.45, 7) is 4.72. The van der Waals surface area contributed by atoms with Gasteiger partial charge in [-0.2, -0.15) is 0 Å². The van der Waals surface area contributed by atoms with Gasteiger partial charge in [0, 0.05) is 0 Å². The highest BCUT2D eigenvalue weighted by atomic mass is 35.5. The topological polar surface area (TPSA) is 94.2 Å². The summed E-state index contributed by atoms with van der Waals surface area (Å²) >= 11 is 6.34. The minimum Gasteiger partial charge on any atom is -0.494 e. The molecule has 0 bridgehead atoms. The van der Waals surface area contributed by atoms with Crippen molar-refractivity contribution < 1.29 is 28.6 Å². The number of terminal acetylenes is 1. The molecule has 0 atom stereocenters. The summed E-state index contributed by atoms with van der Waals surface area (Å²) in [5.74, 6) is 1.93. The van der Waals surface area contributed by atoms with Gasteiger partial charge in [0.2, 0.25) is 0 Å². The molecule has 1 aliphatic heterocycles. The number of rotatable bonds is 10. The third-order valence-corrected chi connectivity index (χ3v) is 5.19. The van der Waals surface area contributed by atoms with Gasteiger partial charge in [-0.3, -0.25) is 14.9 Å². The fraction of sp³-hybridized carbons (Fsp3) is 0.269. The number of amides is 4. The maximum atomic E-state index is 13.2. The number of nitrogens with zero attached hydrogens (tertiary/aromatic N) is 1. The van der Waals surface area contributed by atoms with Crippen molar-refractivity contribution in [1.29, 1.82) is 0 Å². The Hall–Kier alpha value is -3.96. The lowest BCUT2D eigenvalue weighted by molar-refractivity contribution is -0.122. The molecule has 0 spiro atoms. The molecule has 0 aliphatic carbocycles. The Morgan fingerprint density at radius 2 is 1.83 bits per heavy atom.